The zero-order valence-electron chi connectivity index (χ0n) is 9.22. The predicted octanol–water partition coefficient (Wildman–Crippen LogP) is 0.680. The summed E-state index contributed by atoms with van der Waals surface area (Å²) in [5.41, 5.74) is 5.67. The lowest BCUT2D eigenvalue weighted by atomic mass is 10.00. The van der Waals surface area contributed by atoms with Gasteiger partial charge in [0.05, 0.1) is 5.25 Å². The van der Waals surface area contributed by atoms with Gasteiger partial charge in [0.25, 0.3) is 0 Å². The fourth-order valence-electron chi connectivity index (χ4n) is 2.48. The molecule has 0 spiro atoms. The van der Waals surface area contributed by atoms with Gasteiger partial charge in [-0.2, -0.15) is 4.31 Å². The van der Waals surface area contributed by atoms with Crippen LogP contribution in [0.5, 0.6) is 0 Å². The number of hydrogen-bond acceptors (Lipinski definition) is 3. The lowest BCUT2D eigenvalue weighted by molar-refractivity contribution is 0.195. The second-order valence-corrected chi connectivity index (χ2v) is 6.86. The number of piperidine rings is 1. The molecule has 2 atom stereocenters. The lowest BCUT2D eigenvalue weighted by Gasteiger charge is -2.39. The largest absolute Gasteiger partial charge is 0.329 e. The first-order chi connectivity index (χ1) is 7.07. The number of nitrogens with two attached hydrogens (primary N) is 1. The van der Waals surface area contributed by atoms with Crippen LogP contribution in [0.25, 0.3) is 0 Å². The smallest absolute Gasteiger partial charge is 0.217 e. The Bertz CT molecular complexity index is 324. The molecule has 2 unspecified atom stereocenters. The molecule has 2 N–H and O–H groups in total. The first-order valence-electron chi connectivity index (χ1n) is 5.79. The topological polar surface area (TPSA) is 63.4 Å². The summed E-state index contributed by atoms with van der Waals surface area (Å²) in [4.78, 5) is 0. The normalized spacial score (nSPS) is 34.3. The summed E-state index contributed by atoms with van der Waals surface area (Å²) in [6.07, 6.45) is 4.67. The molecule has 2 aliphatic rings. The molecule has 1 aliphatic carbocycles. The fraction of sp³-hybridized carbons (Fsp3) is 1.00. The van der Waals surface area contributed by atoms with Crippen LogP contribution in [-0.4, -0.2) is 36.6 Å². The molecule has 1 saturated heterocycles. The Balaban J connectivity index is 2.22. The Kier molecular flexibility index (Phi) is 3.05. The summed E-state index contributed by atoms with van der Waals surface area (Å²) in [7, 11) is -3.05. The highest BCUT2D eigenvalue weighted by Gasteiger charge is 2.45. The Morgan fingerprint density at radius 3 is 2.47 bits per heavy atom. The molecule has 4 nitrogen and oxygen atoms in total. The molecule has 0 radical (unpaired) electrons. The maximum Gasteiger partial charge on any atom is 0.217 e. The Morgan fingerprint density at radius 1 is 1.27 bits per heavy atom. The van der Waals surface area contributed by atoms with E-state index in [0.29, 0.717) is 6.54 Å². The average Bonchev–Trinajstić information content (AvgIpc) is 3.00. The van der Waals surface area contributed by atoms with Gasteiger partial charge in [-0.25, -0.2) is 8.42 Å². The maximum absolute atomic E-state index is 12.2. The third-order valence-electron chi connectivity index (χ3n) is 3.47. The van der Waals surface area contributed by atoms with Gasteiger partial charge < -0.3 is 5.73 Å². The summed E-state index contributed by atoms with van der Waals surface area (Å²) >= 11 is 0. The molecule has 88 valence electrons. The van der Waals surface area contributed by atoms with Crippen molar-refractivity contribution in [1.29, 1.82) is 0 Å². The van der Waals surface area contributed by atoms with Gasteiger partial charge in [-0.15, -0.1) is 0 Å². The molecule has 0 aromatic carbocycles. The molecule has 0 amide bonds. The molecular weight excluding hydrogens is 212 g/mol. The predicted molar refractivity (Wildman–Crippen MR) is 59.9 cm³/mol. The minimum Gasteiger partial charge on any atom is -0.329 e. The fourth-order valence-corrected chi connectivity index (χ4v) is 4.77. The Morgan fingerprint density at radius 2 is 1.93 bits per heavy atom. The minimum atomic E-state index is -3.05. The van der Waals surface area contributed by atoms with E-state index in [4.69, 9.17) is 5.73 Å². The summed E-state index contributed by atoms with van der Waals surface area (Å²) < 4.78 is 26.1. The second-order valence-electron chi connectivity index (χ2n) is 4.74. The van der Waals surface area contributed by atoms with Gasteiger partial charge in [0.2, 0.25) is 10.0 Å². The van der Waals surface area contributed by atoms with Crippen LogP contribution in [0, 0.1) is 0 Å². The van der Waals surface area contributed by atoms with E-state index in [2.05, 4.69) is 0 Å². The molecule has 2 fully saturated rings. The maximum atomic E-state index is 12.2. The standard InChI is InChI=1S/C10H20N2O2S/c1-8-3-2-4-9(7-11)12(8)15(13,14)10-5-6-10/h8-10H,2-7,11H2,1H3. The van der Waals surface area contributed by atoms with Crippen molar-refractivity contribution in [2.75, 3.05) is 6.54 Å². The monoisotopic (exact) mass is 232 g/mol. The van der Waals surface area contributed by atoms with E-state index in [-0.39, 0.29) is 17.3 Å². The van der Waals surface area contributed by atoms with Crippen LogP contribution in [0.4, 0.5) is 0 Å². The van der Waals surface area contributed by atoms with Crippen molar-refractivity contribution in [3.05, 3.63) is 0 Å². The average molecular weight is 232 g/mol. The zero-order valence-corrected chi connectivity index (χ0v) is 10.0. The van der Waals surface area contributed by atoms with Crippen LogP contribution < -0.4 is 5.73 Å². The molecule has 1 saturated carbocycles. The highest BCUT2D eigenvalue weighted by atomic mass is 32.2. The van der Waals surface area contributed by atoms with Crippen LogP contribution in [-0.2, 0) is 10.0 Å². The van der Waals surface area contributed by atoms with Crippen LogP contribution in [0.15, 0.2) is 0 Å². The van der Waals surface area contributed by atoms with E-state index in [1.165, 1.54) is 0 Å². The van der Waals surface area contributed by atoms with Gasteiger partial charge in [-0.1, -0.05) is 6.42 Å². The third kappa shape index (κ3) is 2.05. The van der Waals surface area contributed by atoms with Crippen molar-refractivity contribution >= 4 is 10.0 Å². The SMILES string of the molecule is CC1CCCC(CN)N1S(=O)(=O)C1CC1. The summed E-state index contributed by atoms with van der Waals surface area (Å²) in [5, 5.41) is -0.105. The van der Waals surface area contributed by atoms with Gasteiger partial charge in [0, 0.05) is 18.6 Å². The third-order valence-corrected chi connectivity index (χ3v) is 6.02. The van der Waals surface area contributed by atoms with Gasteiger partial charge in [0.15, 0.2) is 0 Å². The van der Waals surface area contributed by atoms with Gasteiger partial charge in [-0.3, -0.25) is 0 Å². The van der Waals surface area contributed by atoms with Gasteiger partial charge >= 0.3 is 0 Å². The first kappa shape index (κ1) is 11.4. The van der Waals surface area contributed by atoms with Crippen molar-refractivity contribution in [1.82, 2.24) is 4.31 Å². The highest BCUT2D eigenvalue weighted by Crippen LogP contribution is 2.36. The summed E-state index contributed by atoms with van der Waals surface area (Å²) in [6.45, 7) is 2.46. The van der Waals surface area contributed by atoms with Crippen LogP contribution in [0.1, 0.15) is 39.0 Å². The summed E-state index contributed by atoms with van der Waals surface area (Å²) in [5.74, 6) is 0. The van der Waals surface area contributed by atoms with E-state index in [9.17, 15) is 8.42 Å². The Hall–Kier alpha value is -0.130. The molecule has 15 heavy (non-hydrogen) atoms. The minimum absolute atomic E-state index is 0.0411. The van der Waals surface area contributed by atoms with E-state index in [1.54, 1.807) is 4.31 Å². The van der Waals surface area contributed by atoms with E-state index in [1.807, 2.05) is 6.92 Å². The number of sulfonamides is 1. The van der Waals surface area contributed by atoms with E-state index < -0.39 is 10.0 Å². The second kappa shape index (κ2) is 4.03. The van der Waals surface area contributed by atoms with Crippen LogP contribution >= 0.6 is 0 Å². The van der Waals surface area contributed by atoms with Crippen molar-refractivity contribution in [3.8, 4) is 0 Å². The molecule has 0 bridgehead atoms. The molecule has 2 rings (SSSR count). The molecular formula is C10H20N2O2S. The van der Waals surface area contributed by atoms with Crippen molar-refractivity contribution in [3.63, 3.8) is 0 Å². The molecule has 1 heterocycles. The van der Waals surface area contributed by atoms with Crippen LogP contribution in [0.2, 0.25) is 0 Å². The molecule has 0 aromatic heterocycles. The van der Waals surface area contributed by atoms with E-state index in [0.717, 1.165) is 32.1 Å². The quantitative estimate of drug-likeness (QED) is 0.778. The molecule has 5 heteroatoms. The molecule has 0 aromatic rings. The number of rotatable bonds is 3. The van der Waals surface area contributed by atoms with Crippen LogP contribution in [0.3, 0.4) is 0 Å². The Labute approximate surface area is 91.9 Å². The number of nitrogens with zero attached hydrogens (tertiary/aromatic N) is 1. The van der Waals surface area contributed by atoms with Gasteiger partial charge in [-0.05, 0) is 32.6 Å². The first-order valence-corrected chi connectivity index (χ1v) is 7.30. The van der Waals surface area contributed by atoms with Crippen molar-refractivity contribution in [2.24, 2.45) is 5.73 Å². The number of hydrogen-bond donors (Lipinski definition) is 1. The lowest BCUT2D eigenvalue weighted by Crippen LogP contribution is -2.52. The van der Waals surface area contributed by atoms with Crippen molar-refractivity contribution < 1.29 is 8.42 Å². The highest BCUT2D eigenvalue weighted by molar-refractivity contribution is 7.90. The summed E-state index contributed by atoms with van der Waals surface area (Å²) in [6, 6.07) is 0.178. The van der Waals surface area contributed by atoms with Crippen molar-refractivity contribution in [2.45, 2.75) is 56.4 Å². The molecule has 1 aliphatic heterocycles. The zero-order chi connectivity index (χ0) is 11.1. The van der Waals surface area contributed by atoms with Gasteiger partial charge in [0.1, 0.15) is 0 Å². The van der Waals surface area contributed by atoms with E-state index >= 15 is 0 Å².